The zero-order valence-electron chi connectivity index (χ0n) is 25.1. The molecule has 0 aliphatic carbocycles. The van der Waals surface area contributed by atoms with Crippen LogP contribution in [-0.2, 0) is 32.6 Å². The lowest BCUT2D eigenvalue weighted by atomic mass is 10.1. The predicted octanol–water partition coefficient (Wildman–Crippen LogP) is 5.78. The molecule has 220 valence electrons. The lowest BCUT2D eigenvalue weighted by molar-refractivity contribution is -0.140. The van der Waals surface area contributed by atoms with Crippen molar-refractivity contribution in [2.75, 3.05) is 10.8 Å². The van der Waals surface area contributed by atoms with Gasteiger partial charge in [-0.3, -0.25) is 13.9 Å². The zero-order valence-corrected chi connectivity index (χ0v) is 25.9. The summed E-state index contributed by atoms with van der Waals surface area (Å²) in [6.07, 6.45) is 1.73. The number of anilines is 1. The molecule has 0 aliphatic heterocycles. The molecule has 3 rings (SSSR count). The Morgan fingerprint density at radius 1 is 0.829 bits per heavy atom. The number of benzene rings is 3. The minimum Gasteiger partial charge on any atom is -0.352 e. The van der Waals surface area contributed by atoms with Gasteiger partial charge in [-0.25, -0.2) is 8.42 Å². The monoisotopic (exact) mass is 577 g/mol. The van der Waals surface area contributed by atoms with Crippen LogP contribution in [-0.4, -0.2) is 43.8 Å². The number of para-hydroxylation sites is 1. The first-order chi connectivity index (χ1) is 19.5. The Kier molecular flexibility index (Phi) is 11.1. The summed E-state index contributed by atoms with van der Waals surface area (Å²) in [4.78, 5) is 29.3. The molecule has 0 radical (unpaired) electrons. The molecule has 3 aromatic rings. The fourth-order valence-corrected chi connectivity index (χ4v) is 6.19. The van der Waals surface area contributed by atoms with Crippen molar-refractivity contribution in [3.8, 4) is 0 Å². The van der Waals surface area contributed by atoms with Crippen LogP contribution < -0.4 is 9.62 Å². The van der Waals surface area contributed by atoms with E-state index in [4.69, 9.17) is 0 Å². The van der Waals surface area contributed by atoms with Crippen LogP contribution >= 0.6 is 0 Å². The van der Waals surface area contributed by atoms with Gasteiger partial charge in [-0.15, -0.1) is 0 Å². The van der Waals surface area contributed by atoms with E-state index in [-0.39, 0.29) is 23.4 Å². The van der Waals surface area contributed by atoms with Crippen molar-refractivity contribution in [1.82, 2.24) is 10.2 Å². The van der Waals surface area contributed by atoms with Crippen LogP contribution in [0.5, 0.6) is 0 Å². The van der Waals surface area contributed by atoms with Crippen molar-refractivity contribution in [2.24, 2.45) is 0 Å². The molecule has 0 saturated carbocycles. The second-order valence-electron chi connectivity index (χ2n) is 10.5. The fraction of sp³-hybridized carbons (Fsp3) is 0.394. The lowest BCUT2D eigenvalue weighted by Gasteiger charge is -2.34. The lowest BCUT2D eigenvalue weighted by Crippen LogP contribution is -2.53. The molecule has 2 atom stereocenters. The maximum atomic E-state index is 14.3. The number of nitrogens with one attached hydrogen (secondary N) is 1. The number of sulfonamides is 1. The van der Waals surface area contributed by atoms with Gasteiger partial charge in [0.15, 0.2) is 0 Å². The van der Waals surface area contributed by atoms with Gasteiger partial charge in [0.1, 0.15) is 12.6 Å². The van der Waals surface area contributed by atoms with Crippen LogP contribution in [0, 0.1) is 13.8 Å². The highest BCUT2D eigenvalue weighted by molar-refractivity contribution is 7.92. The van der Waals surface area contributed by atoms with Crippen LogP contribution in [0.1, 0.15) is 62.8 Å². The van der Waals surface area contributed by atoms with Crippen LogP contribution in [0.4, 0.5) is 5.69 Å². The van der Waals surface area contributed by atoms with Crippen molar-refractivity contribution in [3.63, 3.8) is 0 Å². The Morgan fingerprint density at radius 3 is 2.02 bits per heavy atom. The second kappa shape index (κ2) is 14.3. The number of carbonyl (C=O) groups excluding carboxylic acids is 2. The van der Waals surface area contributed by atoms with Gasteiger partial charge >= 0.3 is 0 Å². The molecule has 0 unspecified atom stereocenters. The van der Waals surface area contributed by atoms with Gasteiger partial charge in [-0.1, -0.05) is 80.9 Å². The summed E-state index contributed by atoms with van der Waals surface area (Å²) < 4.78 is 29.4. The molecule has 8 heteroatoms. The first kappa shape index (κ1) is 31.9. The van der Waals surface area contributed by atoms with E-state index in [0.717, 1.165) is 28.7 Å². The Morgan fingerprint density at radius 2 is 1.44 bits per heavy atom. The Balaban J connectivity index is 2.11. The number of amides is 2. The van der Waals surface area contributed by atoms with Crippen molar-refractivity contribution in [2.45, 2.75) is 84.3 Å². The standard InChI is InChI=1S/C33H43N3O4S/c1-7-26(6)34-33(38)30(9-3)35(22-28-16-11-10-14-25(28)5)32(37)23-36(31-17-13-12-15-27(31)8-2)41(39,40)29-20-18-24(4)19-21-29/h10-21,26,30H,7-9,22-23H2,1-6H3,(H,34,38)/t26-,30-/m1/s1. The Labute approximate surface area is 245 Å². The molecule has 0 aromatic heterocycles. The Bertz CT molecular complexity index is 1440. The second-order valence-corrected chi connectivity index (χ2v) is 12.4. The summed E-state index contributed by atoms with van der Waals surface area (Å²) in [7, 11) is -4.10. The van der Waals surface area contributed by atoms with Crippen molar-refractivity contribution < 1.29 is 18.0 Å². The van der Waals surface area contributed by atoms with E-state index in [9.17, 15) is 18.0 Å². The fourth-order valence-electron chi connectivity index (χ4n) is 4.74. The van der Waals surface area contributed by atoms with Crippen LogP contribution in [0.25, 0.3) is 0 Å². The quantitative estimate of drug-likeness (QED) is 0.279. The van der Waals surface area contributed by atoms with E-state index >= 15 is 0 Å². The molecule has 0 aliphatic rings. The third-order valence-corrected chi connectivity index (χ3v) is 9.29. The molecule has 0 heterocycles. The van der Waals surface area contributed by atoms with E-state index < -0.39 is 28.5 Å². The minimum atomic E-state index is -4.10. The third kappa shape index (κ3) is 7.76. The van der Waals surface area contributed by atoms with Crippen LogP contribution in [0.15, 0.2) is 77.7 Å². The van der Waals surface area contributed by atoms with E-state index in [2.05, 4.69) is 5.32 Å². The highest BCUT2D eigenvalue weighted by Crippen LogP contribution is 2.28. The van der Waals surface area contributed by atoms with Crippen molar-refractivity contribution >= 4 is 27.5 Å². The van der Waals surface area contributed by atoms with Crippen molar-refractivity contribution in [1.29, 1.82) is 0 Å². The van der Waals surface area contributed by atoms with Crippen molar-refractivity contribution in [3.05, 3.63) is 95.1 Å². The molecule has 1 N–H and O–H groups in total. The Hall–Kier alpha value is -3.65. The van der Waals surface area contributed by atoms with Gasteiger partial charge in [-0.05, 0) is 74.9 Å². The van der Waals surface area contributed by atoms with Gasteiger partial charge in [0.25, 0.3) is 10.0 Å². The summed E-state index contributed by atoms with van der Waals surface area (Å²) in [5, 5.41) is 3.02. The smallest absolute Gasteiger partial charge is 0.264 e. The minimum absolute atomic E-state index is 0.0539. The molecule has 0 bridgehead atoms. The first-order valence-electron chi connectivity index (χ1n) is 14.3. The first-order valence-corrected chi connectivity index (χ1v) is 15.8. The summed E-state index contributed by atoms with van der Waals surface area (Å²) in [5.41, 5.74) is 4.09. The molecule has 0 saturated heterocycles. The number of aryl methyl sites for hydroxylation is 3. The normalized spacial score (nSPS) is 12.8. The zero-order chi connectivity index (χ0) is 30.2. The van der Waals surface area contributed by atoms with Gasteiger partial charge in [0.05, 0.1) is 10.6 Å². The molecule has 7 nitrogen and oxygen atoms in total. The summed E-state index contributed by atoms with van der Waals surface area (Å²) >= 11 is 0. The highest BCUT2D eigenvalue weighted by Gasteiger charge is 2.34. The number of hydrogen-bond acceptors (Lipinski definition) is 4. The van der Waals surface area contributed by atoms with Gasteiger partial charge in [0, 0.05) is 12.6 Å². The van der Waals surface area contributed by atoms with Crippen LogP contribution in [0.2, 0.25) is 0 Å². The van der Waals surface area contributed by atoms with Crippen LogP contribution in [0.3, 0.4) is 0 Å². The summed E-state index contributed by atoms with van der Waals surface area (Å²) in [6.45, 7) is 11.3. The van der Waals surface area contributed by atoms with E-state index in [1.54, 1.807) is 36.4 Å². The molecule has 0 fully saturated rings. The molecule has 0 spiro atoms. The summed E-state index contributed by atoms with van der Waals surface area (Å²) in [5.74, 6) is -0.688. The number of nitrogens with zero attached hydrogens (tertiary/aromatic N) is 2. The average Bonchev–Trinajstić information content (AvgIpc) is 2.96. The number of carbonyl (C=O) groups is 2. The molecule has 2 amide bonds. The number of rotatable bonds is 13. The average molecular weight is 578 g/mol. The maximum Gasteiger partial charge on any atom is 0.264 e. The van der Waals surface area contributed by atoms with E-state index in [1.807, 2.05) is 77.9 Å². The predicted molar refractivity (Wildman–Crippen MR) is 165 cm³/mol. The highest BCUT2D eigenvalue weighted by atomic mass is 32.2. The van der Waals surface area contributed by atoms with E-state index in [0.29, 0.717) is 18.5 Å². The topological polar surface area (TPSA) is 86.8 Å². The van der Waals surface area contributed by atoms with Gasteiger partial charge in [-0.2, -0.15) is 0 Å². The van der Waals surface area contributed by atoms with E-state index in [1.165, 1.54) is 9.21 Å². The maximum absolute atomic E-state index is 14.3. The molecular weight excluding hydrogens is 534 g/mol. The summed E-state index contributed by atoms with van der Waals surface area (Å²) in [6, 6.07) is 20.8. The molecule has 3 aromatic carbocycles. The third-order valence-electron chi connectivity index (χ3n) is 7.52. The SMILES string of the molecule is CCc1ccccc1N(CC(=O)N(Cc1ccccc1C)[C@H](CC)C(=O)N[C@H](C)CC)S(=O)(=O)c1ccc(C)cc1. The number of hydrogen-bond donors (Lipinski definition) is 1. The molecule has 41 heavy (non-hydrogen) atoms. The molecular formula is C33H43N3O4S. The largest absolute Gasteiger partial charge is 0.352 e. The van der Waals surface area contributed by atoms with Gasteiger partial charge < -0.3 is 10.2 Å². The van der Waals surface area contributed by atoms with Gasteiger partial charge in [0.2, 0.25) is 11.8 Å².